The van der Waals surface area contributed by atoms with Crippen LogP contribution in [0.25, 0.3) is 0 Å². The predicted molar refractivity (Wildman–Crippen MR) is 64.5 cm³/mol. The van der Waals surface area contributed by atoms with Gasteiger partial charge in [-0.1, -0.05) is 0 Å². The summed E-state index contributed by atoms with van der Waals surface area (Å²) in [5, 5.41) is 18.3. The molecule has 1 saturated heterocycles. The summed E-state index contributed by atoms with van der Waals surface area (Å²) in [5.74, 6) is -4.75. The smallest absolute Gasteiger partial charge is 0.336 e. The van der Waals surface area contributed by atoms with Crippen molar-refractivity contribution >= 4 is 11.9 Å². The van der Waals surface area contributed by atoms with Gasteiger partial charge in [0, 0.05) is 13.1 Å². The Bertz CT molecular complexity index is 554. The Kier molecular flexibility index (Phi) is 3.99. The summed E-state index contributed by atoms with van der Waals surface area (Å²) in [6.45, 7) is 0.496. The lowest BCUT2D eigenvalue weighted by molar-refractivity contribution is 0.0535. The first-order valence-corrected chi connectivity index (χ1v) is 6.10. The van der Waals surface area contributed by atoms with Gasteiger partial charge in [0.05, 0.1) is 17.2 Å². The third-order valence-corrected chi connectivity index (χ3v) is 3.27. The van der Waals surface area contributed by atoms with Crippen molar-refractivity contribution in [2.75, 3.05) is 13.1 Å². The van der Waals surface area contributed by atoms with Gasteiger partial charge in [0.25, 0.3) is 5.91 Å². The summed E-state index contributed by atoms with van der Waals surface area (Å²) in [6, 6.07) is 1.11. The quantitative estimate of drug-likeness (QED) is 0.857. The second-order valence-corrected chi connectivity index (χ2v) is 4.64. The van der Waals surface area contributed by atoms with Crippen molar-refractivity contribution in [1.82, 2.24) is 4.90 Å². The van der Waals surface area contributed by atoms with Gasteiger partial charge in [-0.25, -0.2) is 13.6 Å². The standard InChI is InChI=1S/C13H13F2NO4/c14-10-5-8(9(13(19)20)6-11(10)15)12(18)16-3-1-7(17)2-4-16/h5-7,17H,1-4H2,(H,19,20). The number of carbonyl (C=O) groups excluding carboxylic acids is 1. The summed E-state index contributed by atoms with van der Waals surface area (Å²) in [4.78, 5) is 24.5. The predicted octanol–water partition coefficient (Wildman–Crippen LogP) is 1.26. The Balaban J connectivity index is 2.34. The maximum absolute atomic E-state index is 13.2. The molecule has 1 fully saturated rings. The number of hydrogen-bond donors (Lipinski definition) is 2. The van der Waals surface area contributed by atoms with Crippen LogP contribution in [0.2, 0.25) is 0 Å². The number of carboxylic acids is 1. The second kappa shape index (κ2) is 5.54. The molecule has 2 N–H and O–H groups in total. The first-order valence-electron chi connectivity index (χ1n) is 6.10. The van der Waals surface area contributed by atoms with Crippen LogP contribution in [0.5, 0.6) is 0 Å². The number of aliphatic hydroxyl groups is 1. The average molecular weight is 285 g/mol. The monoisotopic (exact) mass is 285 g/mol. The topological polar surface area (TPSA) is 77.8 Å². The van der Waals surface area contributed by atoms with Gasteiger partial charge >= 0.3 is 5.97 Å². The molecule has 108 valence electrons. The number of aliphatic hydroxyl groups excluding tert-OH is 1. The maximum Gasteiger partial charge on any atom is 0.336 e. The van der Waals surface area contributed by atoms with E-state index in [1.807, 2.05) is 0 Å². The lowest BCUT2D eigenvalue weighted by Crippen LogP contribution is -2.40. The number of amides is 1. The minimum atomic E-state index is -1.50. The fourth-order valence-corrected chi connectivity index (χ4v) is 2.14. The van der Waals surface area contributed by atoms with E-state index >= 15 is 0 Å². The summed E-state index contributed by atoms with van der Waals surface area (Å²) in [6.07, 6.45) is 0.248. The van der Waals surface area contributed by atoms with Crippen LogP contribution in [0.15, 0.2) is 12.1 Å². The van der Waals surface area contributed by atoms with Gasteiger partial charge in [-0.3, -0.25) is 4.79 Å². The van der Waals surface area contributed by atoms with Gasteiger partial charge in [0.1, 0.15) is 0 Å². The third-order valence-electron chi connectivity index (χ3n) is 3.27. The van der Waals surface area contributed by atoms with E-state index in [4.69, 9.17) is 5.11 Å². The highest BCUT2D eigenvalue weighted by atomic mass is 19.2. The molecular formula is C13H13F2NO4. The van der Waals surface area contributed by atoms with Crippen LogP contribution >= 0.6 is 0 Å². The number of halogens is 2. The maximum atomic E-state index is 13.2. The molecule has 0 unspecified atom stereocenters. The van der Waals surface area contributed by atoms with Crippen LogP contribution in [0, 0.1) is 11.6 Å². The molecule has 2 rings (SSSR count). The normalized spacial score (nSPS) is 16.2. The largest absolute Gasteiger partial charge is 0.478 e. The van der Waals surface area contributed by atoms with Crippen molar-refractivity contribution in [2.45, 2.75) is 18.9 Å². The molecule has 1 heterocycles. The van der Waals surface area contributed by atoms with Crippen LogP contribution in [0.1, 0.15) is 33.6 Å². The molecule has 0 aromatic heterocycles. The van der Waals surface area contributed by atoms with E-state index in [1.54, 1.807) is 0 Å². The van der Waals surface area contributed by atoms with E-state index in [0.717, 1.165) is 0 Å². The van der Waals surface area contributed by atoms with E-state index in [-0.39, 0.29) is 18.7 Å². The average Bonchev–Trinajstić information content (AvgIpc) is 2.41. The molecule has 0 bridgehead atoms. The molecule has 0 saturated carbocycles. The summed E-state index contributed by atoms with van der Waals surface area (Å²) in [7, 11) is 0. The lowest BCUT2D eigenvalue weighted by atomic mass is 10.0. The number of piperidine rings is 1. The molecule has 0 spiro atoms. The van der Waals surface area contributed by atoms with Crippen LogP contribution < -0.4 is 0 Å². The number of rotatable bonds is 2. The first-order chi connectivity index (χ1) is 9.40. The zero-order valence-electron chi connectivity index (χ0n) is 10.5. The van der Waals surface area contributed by atoms with E-state index in [1.165, 1.54) is 4.90 Å². The van der Waals surface area contributed by atoms with E-state index in [0.29, 0.717) is 25.0 Å². The Morgan fingerprint density at radius 3 is 2.10 bits per heavy atom. The van der Waals surface area contributed by atoms with Gasteiger partial charge in [-0.2, -0.15) is 0 Å². The molecule has 1 aliphatic heterocycles. The van der Waals surface area contributed by atoms with Crippen LogP contribution in [0.4, 0.5) is 8.78 Å². The van der Waals surface area contributed by atoms with Gasteiger partial charge in [0.15, 0.2) is 11.6 Å². The fraction of sp³-hybridized carbons (Fsp3) is 0.385. The number of carboxylic acid groups (broad SMARTS) is 1. The van der Waals surface area contributed by atoms with E-state index in [9.17, 15) is 23.5 Å². The van der Waals surface area contributed by atoms with Crippen molar-refractivity contribution in [3.63, 3.8) is 0 Å². The minimum Gasteiger partial charge on any atom is -0.478 e. The van der Waals surface area contributed by atoms with Crippen molar-refractivity contribution in [3.05, 3.63) is 34.9 Å². The van der Waals surface area contributed by atoms with Gasteiger partial charge in [-0.05, 0) is 25.0 Å². The van der Waals surface area contributed by atoms with Crippen LogP contribution in [-0.4, -0.2) is 46.2 Å². The molecule has 5 nitrogen and oxygen atoms in total. The number of carbonyl (C=O) groups is 2. The van der Waals surface area contributed by atoms with Crippen molar-refractivity contribution in [1.29, 1.82) is 0 Å². The molecule has 1 amide bonds. The minimum absolute atomic E-state index is 0.248. The second-order valence-electron chi connectivity index (χ2n) is 4.64. The van der Waals surface area contributed by atoms with Crippen molar-refractivity contribution in [3.8, 4) is 0 Å². The van der Waals surface area contributed by atoms with Crippen LogP contribution in [-0.2, 0) is 0 Å². The third kappa shape index (κ3) is 2.77. The number of aromatic carboxylic acids is 1. The van der Waals surface area contributed by atoms with Crippen molar-refractivity contribution < 1.29 is 28.6 Å². The Labute approximate surface area is 113 Å². The molecule has 1 aromatic carbocycles. The molecule has 1 aromatic rings. The summed E-state index contributed by atoms with van der Waals surface area (Å²) < 4.78 is 26.3. The zero-order chi connectivity index (χ0) is 14.9. The molecule has 20 heavy (non-hydrogen) atoms. The van der Waals surface area contributed by atoms with Gasteiger partial charge < -0.3 is 15.1 Å². The first kappa shape index (κ1) is 14.4. The highest BCUT2D eigenvalue weighted by molar-refractivity contribution is 6.04. The zero-order valence-corrected chi connectivity index (χ0v) is 10.5. The molecule has 0 atom stereocenters. The molecular weight excluding hydrogens is 272 g/mol. The number of benzene rings is 1. The highest BCUT2D eigenvalue weighted by Gasteiger charge is 2.27. The molecule has 0 aliphatic carbocycles. The summed E-state index contributed by atoms with van der Waals surface area (Å²) in [5.41, 5.74) is -0.951. The van der Waals surface area contributed by atoms with Gasteiger partial charge in [0.2, 0.25) is 0 Å². The van der Waals surface area contributed by atoms with E-state index < -0.39 is 35.2 Å². The Morgan fingerprint density at radius 1 is 1.10 bits per heavy atom. The molecule has 1 aliphatic rings. The lowest BCUT2D eigenvalue weighted by Gasteiger charge is -2.30. The van der Waals surface area contributed by atoms with Crippen molar-refractivity contribution in [2.24, 2.45) is 0 Å². The number of nitrogens with zero attached hydrogens (tertiary/aromatic N) is 1. The summed E-state index contributed by atoms with van der Waals surface area (Å²) >= 11 is 0. The van der Waals surface area contributed by atoms with Crippen LogP contribution in [0.3, 0.4) is 0 Å². The van der Waals surface area contributed by atoms with E-state index in [2.05, 4.69) is 0 Å². The fourth-order valence-electron chi connectivity index (χ4n) is 2.14. The SMILES string of the molecule is O=C(O)c1cc(F)c(F)cc1C(=O)N1CCC(O)CC1. The number of likely N-dealkylation sites (tertiary alicyclic amines) is 1. The van der Waals surface area contributed by atoms with Gasteiger partial charge in [-0.15, -0.1) is 0 Å². The Morgan fingerprint density at radius 2 is 1.60 bits per heavy atom. The number of hydrogen-bond acceptors (Lipinski definition) is 3. The highest BCUT2D eigenvalue weighted by Crippen LogP contribution is 2.20. The molecule has 0 radical (unpaired) electrons. The Hall–Kier alpha value is -2.02. The molecule has 7 heteroatoms.